The van der Waals surface area contributed by atoms with Gasteiger partial charge in [-0.1, -0.05) is 18.2 Å². The van der Waals surface area contributed by atoms with Gasteiger partial charge in [-0.05, 0) is 18.6 Å². The number of carbonyl (C=O) groups excluding carboxylic acids is 1. The smallest absolute Gasteiger partial charge is 0.416 e. The number of alkyl halides is 3. The minimum absolute atomic E-state index is 0.0348. The lowest BCUT2D eigenvalue weighted by molar-refractivity contribution is -0.137. The molecule has 0 saturated heterocycles. The number of anilines is 1. The second kappa shape index (κ2) is 7.13. The van der Waals surface area contributed by atoms with Gasteiger partial charge in [0.05, 0.1) is 24.1 Å². The minimum atomic E-state index is -4.56. The first-order chi connectivity index (χ1) is 11.6. The standard InChI is InChI=1S/C14H14F3N3O4S/c1-2-24-13(21)12-18-7-11(19-12)20-25(22,23)8-9-4-3-5-10(6-9)14(15,16)17/h3-7,20H,2,8H2,1H3,(H,18,19). The molecule has 0 aliphatic rings. The minimum Gasteiger partial charge on any atom is -0.460 e. The van der Waals surface area contributed by atoms with Gasteiger partial charge >= 0.3 is 12.1 Å². The maximum absolute atomic E-state index is 12.7. The molecule has 0 aliphatic heterocycles. The molecule has 7 nitrogen and oxygen atoms in total. The Morgan fingerprint density at radius 2 is 2.08 bits per heavy atom. The van der Waals surface area contributed by atoms with Crippen LogP contribution in [0.2, 0.25) is 0 Å². The molecule has 2 aromatic rings. The molecular formula is C14H14F3N3O4S. The highest BCUT2D eigenvalue weighted by molar-refractivity contribution is 7.91. The van der Waals surface area contributed by atoms with Gasteiger partial charge in [-0.3, -0.25) is 4.72 Å². The van der Waals surface area contributed by atoms with E-state index in [9.17, 15) is 26.4 Å². The van der Waals surface area contributed by atoms with Crippen molar-refractivity contribution in [3.05, 3.63) is 47.4 Å². The predicted molar refractivity (Wildman–Crippen MR) is 82.2 cm³/mol. The monoisotopic (exact) mass is 377 g/mol. The molecule has 1 aromatic carbocycles. The maximum atomic E-state index is 12.7. The third-order valence-electron chi connectivity index (χ3n) is 2.92. The fourth-order valence-electron chi connectivity index (χ4n) is 1.94. The average Bonchev–Trinajstić information content (AvgIpc) is 2.94. The van der Waals surface area contributed by atoms with Crippen LogP contribution in [-0.2, 0) is 26.7 Å². The topological polar surface area (TPSA) is 101 Å². The van der Waals surface area contributed by atoms with Crippen LogP contribution in [-0.4, -0.2) is 31.0 Å². The zero-order chi connectivity index (χ0) is 18.7. The van der Waals surface area contributed by atoms with Gasteiger partial charge in [0.2, 0.25) is 15.8 Å². The number of sulfonamides is 1. The van der Waals surface area contributed by atoms with Crippen LogP contribution in [0.1, 0.15) is 28.7 Å². The summed E-state index contributed by atoms with van der Waals surface area (Å²) in [6.45, 7) is 1.72. The Kier molecular flexibility index (Phi) is 5.36. The van der Waals surface area contributed by atoms with Gasteiger partial charge in [0.25, 0.3) is 0 Å². The van der Waals surface area contributed by atoms with Crippen molar-refractivity contribution in [1.82, 2.24) is 9.97 Å². The van der Waals surface area contributed by atoms with Crippen molar-refractivity contribution in [3.8, 4) is 0 Å². The van der Waals surface area contributed by atoms with Crippen LogP contribution >= 0.6 is 0 Å². The zero-order valence-electron chi connectivity index (χ0n) is 12.9. The highest BCUT2D eigenvalue weighted by atomic mass is 32.2. The van der Waals surface area contributed by atoms with E-state index in [0.29, 0.717) is 0 Å². The summed E-state index contributed by atoms with van der Waals surface area (Å²) < 4.78 is 69.0. The molecule has 2 N–H and O–H groups in total. The Labute approximate surface area is 141 Å². The van der Waals surface area contributed by atoms with E-state index in [4.69, 9.17) is 4.74 Å². The number of aromatic nitrogens is 2. The number of imidazole rings is 1. The molecule has 0 fully saturated rings. The molecule has 0 radical (unpaired) electrons. The Morgan fingerprint density at radius 3 is 2.72 bits per heavy atom. The van der Waals surface area contributed by atoms with Gasteiger partial charge in [-0.25, -0.2) is 18.2 Å². The third-order valence-corrected chi connectivity index (χ3v) is 4.17. The quantitative estimate of drug-likeness (QED) is 0.754. The number of hydrogen-bond acceptors (Lipinski definition) is 5. The number of benzene rings is 1. The van der Waals surface area contributed by atoms with E-state index in [1.807, 2.05) is 0 Å². The SMILES string of the molecule is CCOC(=O)c1ncc(NS(=O)(=O)Cc2cccc(C(F)(F)F)c2)[nH]1. The fourth-order valence-corrected chi connectivity index (χ4v) is 3.07. The fraction of sp³-hybridized carbons (Fsp3) is 0.286. The van der Waals surface area contributed by atoms with Crippen LogP contribution in [0.15, 0.2) is 30.5 Å². The number of esters is 1. The first-order valence-corrected chi connectivity index (χ1v) is 8.64. The lowest BCUT2D eigenvalue weighted by Crippen LogP contribution is -2.16. The summed E-state index contributed by atoms with van der Waals surface area (Å²) in [7, 11) is -4.02. The summed E-state index contributed by atoms with van der Waals surface area (Å²) in [5.74, 6) is -1.73. The van der Waals surface area contributed by atoms with E-state index in [2.05, 4.69) is 14.7 Å². The molecule has 25 heavy (non-hydrogen) atoms. The van der Waals surface area contributed by atoms with Crippen LogP contribution in [0.3, 0.4) is 0 Å². The maximum Gasteiger partial charge on any atom is 0.416 e. The van der Waals surface area contributed by atoms with Crippen molar-refractivity contribution < 1.29 is 31.1 Å². The van der Waals surface area contributed by atoms with E-state index < -0.39 is 33.5 Å². The lowest BCUT2D eigenvalue weighted by atomic mass is 10.1. The molecule has 0 bridgehead atoms. The van der Waals surface area contributed by atoms with E-state index in [1.165, 1.54) is 6.07 Å². The molecule has 136 valence electrons. The van der Waals surface area contributed by atoms with Gasteiger partial charge in [0.1, 0.15) is 5.82 Å². The van der Waals surface area contributed by atoms with Crippen molar-refractivity contribution in [2.24, 2.45) is 0 Å². The molecule has 1 aromatic heterocycles. The van der Waals surface area contributed by atoms with Crippen LogP contribution in [0.4, 0.5) is 19.0 Å². The molecular weight excluding hydrogens is 363 g/mol. The van der Waals surface area contributed by atoms with Crippen LogP contribution < -0.4 is 4.72 Å². The molecule has 0 saturated carbocycles. The van der Waals surface area contributed by atoms with Crippen LogP contribution in [0, 0.1) is 0 Å². The Balaban J connectivity index is 2.11. The molecule has 2 rings (SSSR count). The molecule has 0 spiro atoms. The van der Waals surface area contributed by atoms with E-state index in [1.54, 1.807) is 6.92 Å². The Bertz CT molecular complexity index is 862. The number of nitrogens with one attached hydrogen (secondary N) is 2. The second-order valence-corrected chi connectivity index (χ2v) is 6.65. The molecule has 11 heteroatoms. The summed E-state index contributed by atoms with van der Waals surface area (Å²) in [6.07, 6.45) is -3.50. The number of halogens is 3. The lowest BCUT2D eigenvalue weighted by Gasteiger charge is -2.09. The number of ether oxygens (including phenoxy) is 1. The van der Waals surface area contributed by atoms with Gasteiger partial charge < -0.3 is 9.72 Å². The first-order valence-electron chi connectivity index (χ1n) is 6.99. The number of nitrogens with zero attached hydrogens (tertiary/aromatic N) is 1. The Hall–Kier alpha value is -2.56. The Morgan fingerprint density at radius 1 is 1.36 bits per heavy atom. The normalized spacial score (nSPS) is 12.0. The largest absolute Gasteiger partial charge is 0.460 e. The van der Waals surface area contributed by atoms with Gasteiger partial charge in [0, 0.05) is 0 Å². The second-order valence-electron chi connectivity index (χ2n) is 4.93. The summed E-state index contributed by atoms with van der Waals surface area (Å²) in [5, 5.41) is 0. The summed E-state index contributed by atoms with van der Waals surface area (Å²) >= 11 is 0. The predicted octanol–water partition coefficient (Wildman–Crippen LogP) is 2.55. The molecule has 0 aliphatic carbocycles. The summed E-state index contributed by atoms with van der Waals surface area (Å²) in [4.78, 5) is 17.5. The first kappa shape index (κ1) is 18.8. The van der Waals surface area contributed by atoms with Gasteiger partial charge in [-0.2, -0.15) is 13.2 Å². The number of rotatable bonds is 6. The highest BCUT2D eigenvalue weighted by Gasteiger charge is 2.30. The summed E-state index contributed by atoms with van der Waals surface area (Å²) in [6, 6.07) is 4.01. The average molecular weight is 377 g/mol. The van der Waals surface area contributed by atoms with Crippen LogP contribution in [0.25, 0.3) is 0 Å². The van der Waals surface area contributed by atoms with E-state index in [0.717, 1.165) is 24.4 Å². The number of hydrogen-bond donors (Lipinski definition) is 2. The number of H-pyrrole nitrogens is 1. The van der Waals surface area contributed by atoms with Crippen molar-refractivity contribution >= 4 is 21.8 Å². The van der Waals surface area contributed by atoms with Crippen molar-refractivity contribution in [3.63, 3.8) is 0 Å². The number of aromatic amines is 1. The van der Waals surface area contributed by atoms with E-state index in [-0.39, 0.29) is 23.8 Å². The van der Waals surface area contributed by atoms with Gasteiger partial charge in [0.15, 0.2) is 0 Å². The van der Waals surface area contributed by atoms with Crippen molar-refractivity contribution in [1.29, 1.82) is 0 Å². The third kappa shape index (κ3) is 5.21. The van der Waals surface area contributed by atoms with Crippen LogP contribution in [0.5, 0.6) is 0 Å². The number of carbonyl (C=O) groups is 1. The summed E-state index contributed by atoms with van der Waals surface area (Å²) in [5.41, 5.74) is -0.973. The van der Waals surface area contributed by atoms with Crippen molar-refractivity contribution in [2.45, 2.75) is 18.9 Å². The highest BCUT2D eigenvalue weighted by Crippen LogP contribution is 2.29. The zero-order valence-corrected chi connectivity index (χ0v) is 13.7. The molecule has 0 amide bonds. The molecule has 1 heterocycles. The van der Waals surface area contributed by atoms with Crippen molar-refractivity contribution in [2.75, 3.05) is 11.3 Å². The van der Waals surface area contributed by atoms with Gasteiger partial charge in [-0.15, -0.1) is 0 Å². The molecule has 0 atom stereocenters. The molecule has 0 unspecified atom stereocenters. The van der Waals surface area contributed by atoms with E-state index >= 15 is 0 Å².